The Labute approximate surface area is 204 Å². The Morgan fingerprint density at radius 1 is 1.18 bits per heavy atom. The molecule has 1 aromatic carbocycles. The van der Waals surface area contributed by atoms with E-state index >= 15 is 0 Å². The molecule has 1 N–H and O–H groups in total. The molecule has 0 spiro atoms. The van der Waals surface area contributed by atoms with Gasteiger partial charge in [-0.2, -0.15) is 0 Å². The van der Waals surface area contributed by atoms with Crippen LogP contribution in [0.5, 0.6) is 0 Å². The summed E-state index contributed by atoms with van der Waals surface area (Å²) in [6.45, 7) is 4.66. The number of hydrogen-bond donors (Lipinski definition) is 1. The van der Waals surface area contributed by atoms with E-state index in [1.54, 1.807) is 16.5 Å². The first-order valence-electron chi connectivity index (χ1n) is 11.2. The van der Waals surface area contributed by atoms with E-state index in [0.717, 1.165) is 39.7 Å². The van der Waals surface area contributed by atoms with Crippen LogP contribution in [0, 0.1) is 19.7 Å². The molecule has 5 rings (SSSR count). The number of carbonyl (C=O) groups excluding carboxylic acids is 2. The standard InChI is InChI=1S/C24H24FN5O2S2/c1-14-20(30-11-12-33-24(30)27-14)22(31)26-13-18-5-3-4-10-29(18)23(32)19-21(34-15(2)28-19)16-6-8-17(25)9-7-16/h6-9,11-12,18H,3-5,10,13H2,1-2H3,(H,26,31)/t18-/m0/s1. The van der Waals surface area contributed by atoms with Crippen LogP contribution in [0.1, 0.15) is 50.9 Å². The van der Waals surface area contributed by atoms with E-state index in [-0.39, 0.29) is 23.7 Å². The quantitative estimate of drug-likeness (QED) is 0.434. The van der Waals surface area contributed by atoms with Gasteiger partial charge in [0, 0.05) is 30.7 Å². The smallest absolute Gasteiger partial charge is 0.274 e. The fraction of sp³-hybridized carbons (Fsp3) is 0.333. The van der Waals surface area contributed by atoms with Gasteiger partial charge in [0.25, 0.3) is 11.8 Å². The Hall–Kier alpha value is -3.11. The number of thiazole rings is 2. The molecule has 1 fully saturated rings. The van der Waals surface area contributed by atoms with Gasteiger partial charge in [-0.25, -0.2) is 14.4 Å². The van der Waals surface area contributed by atoms with Crippen LogP contribution in [-0.2, 0) is 0 Å². The number of halogens is 1. The third-order valence-corrected chi connectivity index (χ3v) is 7.86. The number of aromatic nitrogens is 3. The average molecular weight is 498 g/mol. The molecule has 0 saturated carbocycles. The summed E-state index contributed by atoms with van der Waals surface area (Å²) >= 11 is 2.91. The zero-order valence-electron chi connectivity index (χ0n) is 18.9. The van der Waals surface area contributed by atoms with Crippen molar-refractivity contribution in [1.82, 2.24) is 24.6 Å². The Morgan fingerprint density at radius 2 is 1.97 bits per heavy atom. The highest BCUT2D eigenvalue weighted by molar-refractivity contribution is 7.15. The molecule has 0 aliphatic carbocycles. The van der Waals surface area contributed by atoms with Crippen LogP contribution in [0.2, 0.25) is 0 Å². The lowest BCUT2D eigenvalue weighted by Gasteiger charge is -2.35. The van der Waals surface area contributed by atoms with Crippen molar-refractivity contribution in [2.45, 2.75) is 39.2 Å². The van der Waals surface area contributed by atoms with Gasteiger partial charge in [-0.15, -0.1) is 22.7 Å². The normalized spacial score (nSPS) is 16.2. The van der Waals surface area contributed by atoms with Crippen LogP contribution in [0.4, 0.5) is 4.39 Å². The lowest BCUT2D eigenvalue weighted by atomic mass is 10.0. The van der Waals surface area contributed by atoms with Crippen molar-refractivity contribution in [3.63, 3.8) is 0 Å². The van der Waals surface area contributed by atoms with Crippen molar-refractivity contribution in [3.05, 3.63) is 63.7 Å². The number of piperidine rings is 1. The van der Waals surface area contributed by atoms with Crippen LogP contribution >= 0.6 is 22.7 Å². The lowest BCUT2D eigenvalue weighted by Crippen LogP contribution is -2.49. The van der Waals surface area contributed by atoms with Crippen LogP contribution in [0.15, 0.2) is 35.8 Å². The fourth-order valence-electron chi connectivity index (χ4n) is 4.45. The highest BCUT2D eigenvalue weighted by Gasteiger charge is 2.31. The molecule has 1 aliphatic heterocycles. The maximum Gasteiger partial charge on any atom is 0.274 e. The monoisotopic (exact) mass is 497 g/mol. The van der Waals surface area contributed by atoms with Gasteiger partial charge < -0.3 is 10.2 Å². The van der Waals surface area contributed by atoms with E-state index in [1.165, 1.54) is 34.8 Å². The second-order valence-electron chi connectivity index (χ2n) is 8.38. The van der Waals surface area contributed by atoms with E-state index in [0.29, 0.717) is 30.2 Å². The van der Waals surface area contributed by atoms with Gasteiger partial charge in [0.1, 0.15) is 17.2 Å². The van der Waals surface area contributed by atoms with Gasteiger partial charge in [-0.1, -0.05) is 12.1 Å². The minimum atomic E-state index is -0.321. The van der Waals surface area contributed by atoms with Gasteiger partial charge in [0.2, 0.25) is 0 Å². The van der Waals surface area contributed by atoms with Crippen LogP contribution in [0.25, 0.3) is 15.4 Å². The van der Waals surface area contributed by atoms with Crippen molar-refractivity contribution in [1.29, 1.82) is 0 Å². The van der Waals surface area contributed by atoms with Gasteiger partial charge in [-0.05, 0) is 50.8 Å². The summed E-state index contributed by atoms with van der Waals surface area (Å²) in [6.07, 6.45) is 4.54. The third kappa shape index (κ3) is 4.23. The maximum absolute atomic E-state index is 13.6. The zero-order chi connectivity index (χ0) is 23.8. The summed E-state index contributed by atoms with van der Waals surface area (Å²) in [6, 6.07) is 6.00. The van der Waals surface area contributed by atoms with E-state index in [9.17, 15) is 14.0 Å². The topological polar surface area (TPSA) is 79.6 Å². The van der Waals surface area contributed by atoms with E-state index in [1.807, 2.05) is 30.3 Å². The third-order valence-electron chi connectivity index (χ3n) is 6.08. The van der Waals surface area contributed by atoms with Crippen molar-refractivity contribution in [3.8, 4) is 10.4 Å². The molecule has 10 heteroatoms. The molecule has 176 valence electrons. The van der Waals surface area contributed by atoms with Crippen LogP contribution in [-0.4, -0.2) is 50.2 Å². The number of nitrogens with one attached hydrogen (secondary N) is 1. The molecule has 2 amide bonds. The van der Waals surface area contributed by atoms with Crippen molar-refractivity contribution in [2.24, 2.45) is 0 Å². The zero-order valence-corrected chi connectivity index (χ0v) is 20.5. The second-order valence-corrected chi connectivity index (χ2v) is 10.5. The Kier molecular flexibility index (Phi) is 6.18. The molecule has 4 heterocycles. The Balaban J connectivity index is 1.36. The van der Waals surface area contributed by atoms with Gasteiger partial charge in [0.15, 0.2) is 4.96 Å². The molecule has 7 nitrogen and oxygen atoms in total. The van der Waals surface area contributed by atoms with Crippen molar-refractivity contribution >= 4 is 39.4 Å². The summed E-state index contributed by atoms with van der Waals surface area (Å²) in [7, 11) is 0. The first-order chi connectivity index (χ1) is 16.4. The van der Waals surface area contributed by atoms with Gasteiger partial charge in [-0.3, -0.25) is 14.0 Å². The SMILES string of the molecule is Cc1nc(C(=O)N2CCCC[C@H]2CNC(=O)c2c(C)nc3sccn23)c(-c2ccc(F)cc2)s1. The number of likely N-dealkylation sites (tertiary alicyclic amines) is 1. The number of benzene rings is 1. The molecule has 0 bridgehead atoms. The fourth-order valence-corrected chi connectivity index (χ4v) is 6.12. The van der Waals surface area contributed by atoms with Crippen LogP contribution in [0.3, 0.4) is 0 Å². The average Bonchev–Trinajstić information content (AvgIpc) is 3.52. The number of fused-ring (bicyclic) bond motifs is 1. The van der Waals surface area contributed by atoms with Gasteiger partial charge in [0.05, 0.1) is 15.6 Å². The predicted octanol–water partition coefficient (Wildman–Crippen LogP) is 4.70. The molecule has 4 aromatic rings. The number of amides is 2. The highest BCUT2D eigenvalue weighted by Crippen LogP contribution is 2.32. The number of aryl methyl sites for hydroxylation is 2. The molecule has 0 unspecified atom stereocenters. The number of rotatable bonds is 5. The predicted molar refractivity (Wildman–Crippen MR) is 131 cm³/mol. The summed E-state index contributed by atoms with van der Waals surface area (Å²) in [5.41, 5.74) is 2.37. The van der Waals surface area contributed by atoms with Crippen molar-refractivity contribution < 1.29 is 14.0 Å². The van der Waals surface area contributed by atoms with E-state index in [2.05, 4.69) is 15.3 Å². The molecule has 1 aliphatic rings. The molecular weight excluding hydrogens is 473 g/mol. The van der Waals surface area contributed by atoms with Crippen molar-refractivity contribution in [2.75, 3.05) is 13.1 Å². The van der Waals surface area contributed by atoms with E-state index in [4.69, 9.17) is 0 Å². The van der Waals surface area contributed by atoms with Gasteiger partial charge >= 0.3 is 0 Å². The lowest BCUT2D eigenvalue weighted by molar-refractivity contribution is 0.0597. The number of carbonyl (C=O) groups is 2. The minimum Gasteiger partial charge on any atom is -0.349 e. The molecule has 34 heavy (non-hydrogen) atoms. The summed E-state index contributed by atoms with van der Waals surface area (Å²) in [5, 5.41) is 5.70. The number of nitrogens with zero attached hydrogens (tertiary/aromatic N) is 4. The summed E-state index contributed by atoms with van der Waals surface area (Å²) in [4.78, 5) is 38.9. The first-order valence-corrected chi connectivity index (χ1v) is 12.9. The summed E-state index contributed by atoms with van der Waals surface area (Å²) in [5.74, 6) is -0.667. The maximum atomic E-state index is 13.6. The minimum absolute atomic E-state index is 0.125. The molecule has 1 saturated heterocycles. The highest BCUT2D eigenvalue weighted by atomic mass is 32.1. The Morgan fingerprint density at radius 3 is 2.76 bits per heavy atom. The van der Waals surface area contributed by atoms with Crippen LogP contribution < -0.4 is 5.32 Å². The Bertz CT molecular complexity index is 1360. The summed E-state index contributed by atoms with van der Waals surface area (Å²) < 4.78 is 15.2. The number of imidazole rings is 1. The number of hydrogen-bond acceptors (Lipinski definition) is 6. The largest absolute Gasteiger partial charge is 0.349 e. The first kappa shape index (κ1) is 22.7. The van der Waals surface area contributed by atoms with E-state index < -0.39 is 0 Å². The molecule has 3 aromatic heterocycles. The molecular formula is C24H24FN5O2S2. The molecule has 1 atom stereocenters. The molecule has 0 radical (unpaired) electrons. The second kappa shape index (κ2) is 9.27.